The summed E-state index contributed by atoms with van der Waals surface area (Å²) in [5, 5.41) is 0.280. The molecule has 0 bridgehead atoms. The van der Waals surface area contributed by atoms with Crippen LogP contribution in [0.25, 0.3) is 11.1 Å². The minimum Gasteiger partial charge on any atom is -0.467 e. The number of aromatic nitrogens is 3. The molecule has 10 nitrogen and oxygen atoms in total. The maximum absolute atomic E-state index is 12.7. The number of rotatable bonds is 7. The molecule has 0 unspecified atom stereocenters. The van der Waals surface area contributed by atoms with Crippen molar-refractivity contribution in [1.82, 2.24) is 14.5 Å². The van der Waals surface area contributed by atoms with Gasteiger partial charge in [-0.25, -0.2) is 14.6 Å². The van der Waals surface area contributed by atoms with Crippen molar-refractivity contribution in [3.05, 3.63) is 64.3 Å². The summed E-state index contributed by atoms with van der Waals surface area (Å²) in [5.74, 6) is 0.226. The highest BCUT2D eigenvalue weighted by Gasteiger charge is 2.24. The summed E-state index contributed by atoms with van der Waals surface area (Å²) in [6.45, 7) is 7.58. The molecule has 10 heteroatoms. The Morgan fingerprint density at radius 3 is 2.64 bits per heavy atom. The number of fused-ring (bicyclic) bond motifs is 1. The maximum Gasteiger partial charge on any atom is 0.342 e. The molecule has 0 spiro atoms. The zero-order valence-corrected chi connectivity index (χ0v) is 18.8. The van der Waals surface area contributed by atoms with E-state index in [2.05, 4.69) is 9.97 Å². The predicted octanol–water partition coefficient (Wildman–Crippen LogP) is 3.71. The third-order valence-electron chi connectivity index (χ3n) is 5.30. The lowest BCUT2D eigenvalue weighted by molar-refractivity contribution is 0.0460. The number of furan rings is 2. The number of nitrogens with zero attached hydrogens (tertiary/aromatic N) is 3. The van der Waals surface area contributed by atoms with Crippen LogP contribution in [0.1, 0.15) is 56.4 Å². The van der Waals surface area contributed by atoms with E-state index in [1.165, 1.54) is 0 Å². The van der Waals surface area contributed by atoms with Crippen molar-refractivity contribution in [3.63, 3.8) is 0 Å². The van der Waals surface area contributed by atoms with Crippen LogP contribution < -0.4 is 5.73 Å². The zero-order chi connectivity index (χ0) is 23.7. The first kappa shape index (κ1) is 22.1. The van der Waals surface area contributed by atoms with Gasteiger partial charge in [0, 0.05) is 11.4 Å². The predicted molar refractivity (Wildman–Crippen MR) is 118 cm³/mol. The summed E-state index contributed by atoms with van der Waals surface area (Å²) >= 11 is 0. The Hall–Kier alpha value is -4.08. The highest BCUT2D eigenvalue weighted by atomic mass is 16.5. The van der Waals surface area contributed by atoms with Crippen molar-refractivity contribution in [2.75, 3.05) is 12.3 Å². The average molecular weight is 452 g/mol. The number of carbonyl (C=O) groups is 2. The molecular weight excluding hydrogens is 428 g/mol. The number of esters is 2. The highest BCUT2D eigenvalue weighted by Crippen LogP contribution is 2.29. The van der Waals surface area contributed by atoms with Gasteiger partial charge in [-0.15, -0.1) is 0 Å². The molecule has 4 aromatic heterocycles. The van der Waals surface area contributed by atoms with Gasteiger partial charge >= 0.3 is 11.9 Å². The molecule has 4 heterocycles. The Kier molecular flexibility index (Phi) is 5.91. The monoisotopic (exact) mass is 452 g/mol. The number of carbonyl (C=O) groups excluding carboxylic acids is 2. The summed E-state index contributed by atoms with van der Waals surface area (Å²) in [6.07, 6.45) is 1.61. The second kappa shape index (κ2) is 8.81. The molecule has 33 heavy (non-hydrogen) atoms. The molecule has 0 aliphatic rings. The maximum atomic E-state index is 12.7. The highest BCUT2D eigenvalue weighted by molar-refractivity contribution is 6.07. The van der Waals surface area contributed by atoms with Gasteiger partial charge in [0.05, 0.1) is 30.4 Å². The average Bonchev–Trinajstić information content (AvgIpc) is 3.46. The Bertz CT molecular complexity index is 1330. The quantitative estimate of drug-likeness (QED) is 0.416. The van der Waals surface area contributed by atoms with E-state index in [0.717, 1.165) is 17.1 Å². The van der Waals surface area contributed by atoms with Crippen molar-refractivity contribution in [2.45, 2.75) is 40.8 Å². The van der Waals surface area contributed by atoms with Gasteiger partial charge < -0.3 is 28.6 Å². The van der Waals surface area contributed by atoms with Gasteiger partial charge in [-0.3, -0.25) is 0 Å². The number of anilines is 1. The van der Waals surface area contributed by atoms with E-state index in [0.29, 0.717) is 17.9 Å². The number of hydrogen-bond donors (Lipinski definition) is 1. The molecule has 0 fully saturated rings. The van der Waals surface area contributed by atoms with Crippen molar-refractivity contribution >= 4 is 28.9 Å². The molecular formula is C23H24N4O6. The van der Waals surface area contributed by atoms with Gasteiger partial charge in [-0.1, -0.05) is 0 Å². The number of hydrogen-bond acceptors (Lipinski definition) is 9. The number of aryl methyl sites for hydroxylation is 2. The van der Waals surface area contributed by atoms with Crippen LogP contribution in [0.15, 0.2) is 33.3 Å². The van der Waals surface area contributed by atoms with Crippen molar-refractivity contribution < 1.29 is 27.9 Å². The Labute approximate surface area is 189 Å². The molecule has 4 aromatic rings. The minimum atomic E-state index is -0.562. The normalized spacial score (nSPS) is 11.2. The fourth-order valence-electron chi connectivity index (χ4n) is 3.71. The van der Waals surface area contributed by atoms with Crippen molar-refractivity contribution in [3.8, 4) is 0 Å². The number of nitrogens with two attached hydrogens (primary N) is 1. The van der Waals surface area contributed by atoms with E-state index in [1.807, 2.05) is 30.5 Å². The molecule has 0 radical (unpaired) electrons. The van der Waals surface area contributed by atoms with Gasteiger partial charge in [-0.2, -0.15) is 4.98 Å². The first-order valence-electron chi connectivity index (χ1n) is 10.4. The third kappa shape index (κ3) is 4.19. The topological polar surface area (TPSA) is 136 Å². The largest absolute Gasteiger partial charge is 0.467 e. The lowest BCUT2D eigenvalue weighted by atomic mass is 10.2. The van der Waals surface area contributed by atoms with Gasteiger partial charge in [-0.05, 0) is 45.9 Å². The Balaban J connectivity index is 1.53. The van der Waals surface area contributed by atoms with Crippen LogP contribution in [-0.4, -0.2) is 33.1 Å². The molecule has 0 amide bonds. The third-order valence-corrected chi connectivity index (χ3v) is 5.30. The standard InChI is InChI=1S/C23H24N4O6/c1-5-30-23(29)18-14(4)33-21-19(18)20(24)25-17(26-21)11-32-22(28)16-9-12(2)27(13(16)3)10-15-7-6-8-31-15/h6-9H,5,10-11H2,1-4H3,(H2,24,25,26). The second-order valence-electron chi connectivity index (χ2n) is 7.49. The lowest BCUT2D eigenvalue weighted by Crippen LogP contribution is -2.11. The van der Waals surface area contributed by atoms with Gasteiger partial charge in [0.25, 0.3) is 0 Å². The van der Waals surface area contributed by atoms with Crippen molar-refractivity contribution in [1.29, 1.82) is 0 Å². The SMILES string of the molecule is CCOC(=O)c1c(C)oc2nc(COC(=O)c3cc(C)n(Cc4ccco4)c3C)nc(N)c12. The second-order valence-corrected chi connectivity index (χ2v) is 7.49. The summed E-state index contributed by atoms with van der Waals surface area (Å²) in [7, 11) is 0. The van der Waals surface area contributed by atoms with E-state index >= 15 is 0 Å². The molecule has 0 saturated carbocycles. The smallest absolute Gasteiger partial charge is 0.342 e. The van der Waals surface area contributed by atoms with Crippen LogP contribution >= 0.6 is 0 Å². The van der Waals surface area contributed by atoms with Crippen LogP contribution in [0, 0.1) is 20.8 Å². The van der Waals surface area contributed by atoms with Gasteiger partial charge in [0.1, 0.15) is 22.9 Å². The van der Waals surface area contributed by atoms with E-state index in [4.69, 9.17) is 24.0 Å². The zero-order valence-electron chi connectivity index (χ0n) is 18.8. The molecule has 0 aliphatic carbocycles. The first-order valence-corrected chi connectivity index (χ1v) is 10.4. The molecule has 0 aromatic carbocycles. The molecule has 4 rings (SSSR count). The molecule has 172 valence electrons. The van der Waals surface area contributed by atoms with Crippen LogP contribution in [-0.2, 0) is 22.6 Å². The van der Waals surface area contributed by atoms with E-state index in [-0.39, 0.29) is 41.5 Å². The Morgan fingerprint density at radius 2 is 1.94 bits per heavy atom. The summed E-state index contributed by atoms with van der Waals surface area (Å²) in [6, 6.07) is 5.45. The van der Waals surface area contributed by atoms with Crippen LogP contribution in [0.2, 0.25) is 0 Å². The summed E-state index contributed by atoms with van der Waals surface area (Å²) in [5.41, 5.74) is 8.47. The molecule has 2 N–H and O–H groups in total. The Morgan fingerprint density at radius 1 is 1.15 bits per heavy atom. The van der Waals surface area contributed by atoms with Gasteiger partial charge in [0.15, 0.2) is 12.4 Å². The number of ether oxygens (including phenoxy) is 2. The van der Waals surface area contributed by atoms with Crippen LogP contribution in [0.3, 0.4) is 0 Å². The summed E-state index contributed by atoms with van der Waals surface area (Å²) < 4.78 is 23.5. The molecule has 0 atom stereocenters. The minimum absolute atomic E-state index is 0.0441. The van der Waals surface area contributed by atoms with E-state index in [9.17, 15) is 9.59 Å². The fourth-order valence-corrected chi connectivity index (χ4v) is 3.71. The molecule has 0 aliphatic heterocycles. The number of nitrogen functional groups attached to an aromatic ring is 1. The lowest BCUT2D eigenvalue weighted by Gasteiger charge is -2.08. The van der Waals surface area contributed by atoms with Crippen LogP contribution in [0.5, 0.6) is 0 Å². The van der Waals surface area contributed by atoms with E-state index < -0.39 is 11.9 Å². The molecule has 0 saturated heterocycles. The van der Waals surface area contributed by atoms with E-state index in [1.54, 1.807) is 26.2 Å². The van der Waals surface area contributed by atoms with Crippen molar-refractivity contribution in [2.24, 2.45) is 0 Å². The summed E-state index contributed by atoms with van der Waals surface area (Å²) in [4.78, 5) is 33.4. The fraction of sp³-hybridized carbons (Fsp3) is 0.304. The first-order chi connectivity index (χ1) is 15.8. The van der Waals surface area contributed by atoms with Crippen LogP contribution in [0.4, 0.5) is 5.82 Å². The van der Waals surface area contributed by atoms with Gasteiger partial charge in [0.2, 0.25) is 5.71 Å².